The van der Waals surface area contributed by atoms with E-state index >= 15 is 0 Å². The summed E-state index contributed by atoms with van der Waals surface area (Å²) in [5.41, 5.74) is 0.604. The fourth-order valence-electron chi connectivity index (χ4n) is 0.692. The summed E-state index contributed by atoms with van der Waals surface area (Å²) >= 11 is 6.25. The molecule has 0 unspecified atom stereocenters. The summed E-state index contributed by atoms with van der Waals surface area (Å²) in [6, 6.07) is 3.42. The molecule has 0 atom stereocenters. The van der Waals surface area contributed by atoms with Crippen molar-refractivity contribution in [2.45, 2.75) is 6.92 Å². The molecule has 0 spiro atoms. The number of hydrogen-bond acceptors (Lipinski definition) is 0. The first-order valence-corrected chi connectivity index (χ1v) is 17.0. The SMILES string of the molecule is Cc1cc(F)cc(F)c1.[Br][Zn][Br]. The van der Waals surface area contributed by atoms with Crippen LogP contribution in [0.3, 0.4) is 0 Å². The predicted molar refractivity (Wildman–Crippen MR) is 48.9 cm³/mol. The van der Waals surface area contributed by atoms with Crippen LogP contribution in [0.2, 0.25) is 0 Å². The third-order valence-corrected chi connectivity index (χ3v) is 1.01. The van der Waals surface area contributed by atoms with Crippen molar-refractivity contribution < 1.29 is 22.0 Å². The third-order valence-electron chi connectivity index (χ3n) is 1.01. The number of rotatable bonds is 0. The molecule has 0 aliphatic rings. The van der Waals surface area contributed by atoms with Gasteiger partial charge in [-0.2, -0.15) is 0 Å². The van der Waals surface area contributed by atoms with Crippen LogP contribution in [0.4, 0.5) is 8.78 Å². The van der Waals surface area contributed by atoms with Gasteiger partial charge < -0.3 is 0 Å². The van der Waals surface area contributed by atoms with E-state index in [1.54, 1.807) is 6.92 Å². The monoisotopic (exact) mass is 350 g/mol. The van der Waals surface area contributed by atoms with E-state index in [0.29, 0.717) is 5.56 Å². The zero-order valence-corrected chi connectivity index (χ0v) is 12.6. The van der Waals surface area contributed by atoms with Crippen LogP contribution in [0.25, 0.3) is 0 Å². The van der Waals surface area contributed by atoms with E-state index in [4.69, 9.17) is 0 Å². The van der Waals surface area contributed by atoms with E-state index in [1.165, 1.54) is 12.1 Å². The topological polar surface area (TPSA) is 0 Å². The van der Waals surface area contributed by atoms with Crippen LogP contribution in [-0.4, -0.2) is 0 Å². The van der Waals surface area contributed by atoms with Crippen molar-refractivity contribution >= 4 is 27.2 Å². The Morgan fingerprint density at radius 1 is 1.08 bits per heavy atom. The number of hydrogen-bond donors (Lipinski definition) is 0. The van der Waals surface area contributed by atoms with Gasteiger partial charge in [0.2, 0.25) is 0 Å². The van der Waals surface area contributed by atoms with E-state index in [2.05, 4.69) is 27.2 Å². The van der Waals surface area contributed by atoms with Gasteiger partial charge in [0.15, 0.2) is 0 Å². The van der Waals surface area contributed by atoms with Gasteiger partial charge in [0, 0.05) is 6.07 Å². The molecule has 0 nitrogen and oxygen atoms in total. The summed E-state index contributed by atoms with van der Waals surface area (Å²) in [5, 5.41) is 0. The second-order valence-corrected chi connectivity index (χ2v) is 16.1. The van der Waals surface area contributed by atoms with Crippen LogP contribution in [0.1, 0.15) is 5.56 Å². The Balaban J connectivity index is 0.000000354. The first kappa shape index (κ1) is 12.7. The van der Waals surface area contributed by atoms with Gasteiger partial charge >= 0.3 is 40.5 Å². The molecule has 0 radical (unpaired) electrons. The molecular weight excluding hydrogens is 347 g/mol. The Bertz CT molecular complexity index is 192. The molecule has 0 fully saturated rings. The fourth-order valence-corrected chi connectivity index (χ4v) is 0.692. The molecule has 0 saturated heterocycles. The zero-order valence-electron chi connectivity index (χ0n) is 6.45. The van der Waals surface area contributed by atoms with E-state index < -0.39 is 11.6 Å². The average Bonchev–Trinajstić information content (AvgIpc) is 1.84. The maximum atomic E-state index is 12.2. The van der Waals surface area contributed by atoms with Crippen molar-refractivity contribution in [2.75, 3.05) is 0 Å². The molecule has 0 amide bonds. The van der Waals surface area contributed by atoms with E-state index in [9.17, 15) is 8.78 Å². The Labute approximate surface area is 91.0 Å². The van der Waals surface area contributed by atoms with Gasteiger partial charge in [0.05, 0.1) is 0 Å². The molecule has 12 heavy (non-hydrogen) atoms. The minimum absolute atomic E-state index is 0.250. The van der Waals surface area contributed by atoms with Crippen LogP contribution in [0.5, 0.6) is 0 Å². The zero-order chi connectivity index (χ0) is 9.56. The van der Waals surface area contributed by atoms with Crippen molar-refractivity contribution in [1.82, 2.24) is 0 Å². The average molecular weight is 353 g/mol. The Kier molecular flexibility index (Phi) is 7.50. The van der Waals surface area contributed by atoms with Gasteiger partial charge in [0.1, 0.15) is 11.6 Å². The molecule has 64 valence electrons. The van der Waals surface area contributed by atoms with Crippen LogP contribution < -0.4 is 0 Å². The minimum atomic E-state index is -0.521. The quantitative estimate of drug-likeness (QED) is 0.620. The number of aryl methyl sites for hydroxylation is 1. The first-order chi connectivity index (χ1) is 5.60. The molecule has 1 aromatic carbocycles. The van der Waals surface area contributed by atoms with E-state index in [-0.39, 0.29) is 13.2 Å². The molecule has 1 rings (SSSR count). The van der Waals surface area contributed by atoms with Gasteiger partial charge in [-0.05, 0) is 24.6 Å². The van der Waals surface area contributed by atoms with Crippen molar-refractivity contribution in [1.29, 1.82) is 0 Å². The Morgan fingerprint density at radius 3 is 1.67 bits per heavy atom. The number of benzene rings is 1. The summed E-state index contributed by atoms with van der Waals surface area (Å²) in [7, 11) is 0. The van der Waals surface area contributed by atoms with Gasteiger partial charge in [-0.3, -0.25) is 0 Å². The number of halogens is 4. The van der Waals surface area contributed by atoms with E-state index in [0.717, 1.165) is 6.07 Å². The maximum absolute atomic E-state index is 12.2. The van der Waals surface area contributed by atoms with E-state index in [1.807, 2.05) is 0 Å². The molecule has 0 bridgehead atoms. The molecule has 0 aromatic heterocycles. The van der Waals surface area contributed by atoms with Crippen LogP contribution >= 0.6 is 27.2 Å². The summed E-state index contributed by atoms with van der Waals surface area (Å²) in [6.07, 6.45) is 0. The summed E-state index contributed by atoms with van der Waals surface area (Å²) in [5.74, 6) is -1.04. The van der Waals surface area contributed by atoms with Gasteiger partial charge in [-0.1, -0.05) is 0 Å². The summed E-state index contributed by atoms with van der Waals surface area (Å²) in [6.45, 7) is 1.64. The van der Waals surface area contributed by atoms with Gasteiger partial charge in [-0.25, -0.2) is 8.78 Å². The second-order valence-electron chi connectivity index (χ2n) is 2.05. The standard InChI is InChI=1S/C7H6F2.2BrH.Zn/c1-5-2-6(8)4-7(9)3-5;;;/h2-4H,1H3;2*1H;/q;;;+2/p-2. The summed E-state index contributed by atoms with van der Waals surface area (Å²) in [4.78, 5) is 0. The Hall–Kier alpha value is 0.663. The fraction of sp³-hybridized carbons (Fsp3) is 0.143. The molecule has 0 aliphatic heterocycles. The van der Waals surface area contributed by atoms with Crippen molar-refractivity contribution in [2.24, 2.45) is 0 Å². The van der Waals surface area contributed by atoms with Gasteiger partial charge in [0.25, 0.3) is 0 Å². The van der Waals surface area contributed by atoms with Crippen LogP contribution in [0.15, 0.2) is 18.2 Å². The third kappa shape index (κ3) is 6.21. The van der Waals surface area contributed by atoms with Gasteiger partial charge in [-0.15, -0.1) is 0 Å². The Morgan fingerprint density at radius 2 is 1.42 bits per heavy atom. The van der Waals surface area contributed by atoms with Crippen molar-refractivity contribution in [3.63, 3.8) is 0 Å². The first-order valence-electron chi connectivity index (χ1n) is 3.14. The molecule has 0 saturated carbocycles. The van der Waals surface area contributed by atoms with Crippen LogP contribution in [-0.2, 0) is 13.2 Å². The second kappa shape index (κ2) is 7.10. The predicted octanol–water partition coefficient (Wildman–Crippen LogP) is 3.96. The molecule has 0 heterocycles. The van der Waals surface area contributed by atoms with Crippen molar-refractivity contribution in [3.05, 3.63) is 35.4 Å². The normalized spacial score (nSPS) is 8.08. The molecular formula is C7H6Br2F2Zn. The van der Waals surface area contributed by atoms with Crippen molar-refractivity contribution in [3.8, 4) is 0 Å². The molecule has 1 aromatic rings. The molecule has 0 N–H and O–H groups in total. The molecule has 5 heteroatoms. The molecule has 0 aliphatic carbocycles. The van der Waals surface area contributed by atoms with Crippen LogP contribution in [0, 0.1) is 18.6 Å². The summed E-state index contributed by atoms with van der Waals surface area (Å²) < 4.78 is 24.4.